The lowest BCUT2D eigenvalue weighted by atomic mass is 9.99. The van der Waals surface area contributed by atoms with E-state index in [9.17, 15) is 0 Å². The van der Waals surface area contributed by atoms with E-state index in [1.165, 1.54) is 80.4 Å². The maximum Gasteiger partial charge on any atom is 0.0476 e. The fourth-order valence-corrected chi connectivity index (χ4v) is 11.4. The third-order valence-corrected chi connectivity index (χ3v) is 15.5. The first-order valence-corrected chi connectivity index (χ1v) is 30.1. The summed E-state index contributed by atoms with van der Waals surface area (Å²) in [6.45, 7) is 18.7. The molecule has 3 nitrogen and oxygen atoms in total. The van der Waals surface area contributed by atoms with Gasteiger partial charge in [0, 0.05) is 66.5 Å². The summed E-state index contributed by atoms with van der Waals surface area (Å²) in [6, 6.07) is 98.2. The first-order chi connectivity index (χ1) is 41.3. The molecule has 1 heterocycles. The highest BCUT2D eigenvalue weighted by Gasteiger charge is 2.17. The van der Waals surface area contributed by atoms with Crippen molar-refractivity contribution in [2.45, 2.75) is 55.0 Å². The average molecular weight is 1110 g/mol. The fourth-order valence-electron chi connectivity index (χ4n) is 10.2. The first-order valence-electron chi connectivity index (χ1n) is 29.3. The van der Waals surface area contributed by atoms with Crippen molar-refractivity contribution in [3.63, 3.8) is 0 Å². The highest BCUT2D eigenvalue weighted by Crippen LogP contribution is 2.43. The van der Waals surface area contributed by atoms with E-state index in [0.29, 0.717) is 0 Å². The summed E-state index contributed by atoms with van der Waals surface area (Å²) >= 11 is 1.87. The highest BCUT2D eigenvalue weighted by molar-refractivity contribution is 7.25. The van der Waals surface area contributed by atoms with Crippen LogP contribution in [0, 0.1) is 6.92 Å². The van der Waals surface area contributed by atoms with Crippen molar-refractivity contribution in [2.24, 2.45) is 0 Å². The molecular weight excluding hydrogens is 1030 g/mol. The smallest absolute Gasteiger partial charge is 0.0476 e. The van der Waals surface area contributed by atoms with Crippen molar-refractivity contribution < 1.29 is 0 Å². The molecule has 1 aromatic heterocycles. The number of fused-ring (bicyclic) bond motifs is 6. The molecule has 1 N–H and O–H groups in total. The summed E-state index contributed by atoms with van der Waals surface area (Å²) in [5, 5.41) is 13.4. The lowest BCUT2D eigenvalue weighted by molar-refractivity contribution is 1.12. The Morgan fingerprint density at radius 1 is 0.405 bits per heavy atom. The molecule has 13 aromatic rings. The van der Waals surface area contributed by atoms with Gasteiger partial charge < -0.3 is 15.1 Å². The van der Waals surface area contributed by atoms with Gasteiger partial charge in [-0.3, -0.25) is 0 Å². The Labute approximate surface area is 502 Å². The third kappa shape index (κ3) is 14.5. The van der Waals surface area contributed by atoms with Crippen LogP contribution >= 0.6 is 11.3 Å². The topological polar surface area (TPSA) is 18.5 Å². The number of hydrogen-bond acceptors (Lipinski definition) is 4. The predicted octanol–water partition coefficient (Wildman–Crippen LogP) is 24.5. The molecule has 13 rings (SSSR count). The summed E-state index contributed by atoms with van der Waals surface area (Å²) in [5.41, 5.74) is 14.2. The van der Waals surface area contributed by atoms with E-state index in [1.54, 1.807) is 0 Å². The van der Waals surface area contributed by atoms with E-state index in [4.69, 9.17) is 0 Å². The first kappa shape index (κ1) is 58.9. The van der Waals surface area contributed by atoms with Crippen LogP contribution in [0.3, 0.4) is 0 Å². The van der Waals surface area contributed by atoms with Crippen LogP contribution in [-0.2, 0) is 6.54 Å². The Kier molecular flexibility index (Phi) is 20.5. The van der Waals surface area contributed by atoms with E-state index in [0.717, 1.165) is 46.2 Å². The molecule has 0 saturated heterocycles. The summed E-state index contributed by atoms with van der Waals surface area (Å²) in [5.74, 6) is 0. The predicted molar refractivity (Wildman–Crippen MR) is 373 cm³/mol. The molecule has 0 unspecified atom stereocenters. The van der Waals surface area contributed by atoms with Gasteiger partial charge in [0.1, 0.15) is 0 Å². The van der Waals surface area contributed by atoms with Crippen LogP contribution in [0.15, 0.2) is 309 Å². The Morgan fingerprint density at radius 3 is 1.36 bits per heavy atom. The summed E-state index contributed by atoms with van der Waals surface area (Å²) in [4.78, 5) is 4.71. The van der Waals surface area contributed by atoms with E-state index >= 15 is 0 Å². The second-order valence-corrected chi connectivity index (χ2v) is 21.1. The molecule has 0 saturated carbocycles. The number of nitrogens with zero attached hydrogens (tertiary/aromatic N) is 2. The van der Waals surface area contributed by atoms with Gasteiger partial charge in [0.2, 0.25) is 0 Å². The van der Waals surface area contributed by atoms with Crippen molar-refractivity contribution in [1.29, 1.82) is 0 Å². The molecule has 0 aliphatic rings. The van der Waals surface area contributed by atoms with E-state index in [1.807, 2.05) is 95.4 Å². The van der Waals surface area contributed by atoms with Crippen molar-refractivity contribution in [3.8, 4) is 11.1 Å². The lowest BCUT2D eigenvalue weighted by Gasteiger charge is -2.26. The molecule has 0 spiro atoms. The fraction of sp³-hybridized carbons (Fsp3) is 0.100. The minimum absolute atomic E-state index is 0.886. The number of thiophene rings is 1. The number of nitrogens with one attached hydrogen (secondary N) is 1. The van der Waals surface area contributed by atoms with Crippen LogP contribution in [0.2, 0.25) is 0 Å². The van der Waals surface area contributed by atoms with Gasteiger partial charge >= 0.3 is 0 Å². The molecule has 12 aromatic carbocycles. The van der Waals surface area contributed by atoms with Gasteiger partial charge in [-0.25, -0.2) is 0 Å². The van der Waals surface area contributed by atoms with Gasteiger partial charge in [0.25, 0.3) is 0 Å². The number of hydrogen-bond donors (Lipinski definition) is 1. The van der Waals surface area contributed by atoms with Crippen molar-refractivity contribution in [3.05, 3.63) is 321 Å². The molecule has 0 radical (unpaired) electrons. The zero-order valence-corrected chi connectivity index (χ0v) is 50.3. The zero-order valence-electron chi connectivity index (χ0n) is 49.5. The normalized spacial score (nSPS) is 10.8. The maximum atomic E-state index is 3.71. The standard InChI is InChI=1S/C54H36N2S.C14H15N.C8H12.2C2H6/c1-3-15-45(16-4-1)55(47-25-21-37-11-7-9-13-39(37)32-47)49-27-23-42-31-41(19-20-43(42)34-49)44-24-29-51-52-30-28-50(36-54(52)57-53(51)35-44)56(46-17-5-2-6-18-46)48-26-22-38-12-8-10-14-40(38)33-48;1-12-7-5-6-8-13(12)11-15-14-9-3-2-4-10-14;1-4-5-6-7-8(2)3;2*1-2/h1-36H;2-10,15H,11H2,1H3;4-7H,2H2,1,3H3;2*1-2H3/b;;5-4-,7-6-;;. The Balaban J connectivity index is 0.000000260. The third-order valence-electron chi connectivity index (χ3n) is 14.3. The minimum Gasteiger partial charge on any atom is -0.381 e. The number of para-hydroxylation sites is 3. The lowest BCUT2D eigenvalue weighted by Crippen LogP contribution is -2.09. The molecule has 0 fully saturated rings. The number of benzene rings is 12. The molecule has 0 atom stereocenters. The van der Waals surface area contributed by atoms with Crippen LogP contribution < -0.4 is 15.1 Å². The van der Waals surface area contributed by atoms with Crippen LogP contribution in [0.4, 0.5) is 39.8 Å². The average Bonchev–Trinajstić information content (AvgIpc) is 3.69. The molecule has 0 aliphatic carbocycles. The second kappa shape index (κ2) is 29.3. The molecule has 0 aliphatic heterocycles. The van der Waals surface area contributed by atoms with Crippen molar-refractivity contribution in [2.75, 3.05) is 15.1 Å². The highest BCUT2D eigenvalue weighted by atomic mass is 32.1. The van der Waals surface area contributed by atoms with Crippen LogP contribution in [0.5, 0.6) is 0 Å². The summed E-state index contributed by atoms with van der Waals surface area (Å²) in [6.07, 6.45) is 7.91. The second-order valence-electron chi connectivity index (χ2n) is 20.0. The Hall–Kier alpha value is -9.74. The number of aryl methyl sites for hydroxylation is 1. The van der Waals surface area contributed by atoms with Crippen LogP contribution in [0.1, 0.15) is 52.7 Å². The van der Waals surface area contributed by atoms with E-state index in [2.05, 4.69) is 283 Å². The van der Waals surface area contributed by atoms with Gasteiger partial charge in [-0.05, 0) is 172 Å². The zero-order chi connectivity index (χ0) is 58.6. The Morgan fingerprint density at radius 2 is 0.810 bits per heavy atom. The Bertz CT molecular complexity index is 4310. The summed E-state index contributed by atoms with van der Waals surface area (Å²) in [7, 11) is 0. The molecule has 0 amide bonds. The van der Waals surface area contributed by atoms with Gasteiger partial charge in [-0.1, -0.05) is 240 Å². The van der Waals surface area contributed by atoms with Crippen molar-refractivity contribution >= 4 is 104 Å². The van der Waals surface area contributed by atoms with Crippen molar-refractivity contribution in [1.82, 2.24) is 0 Å². The maximum absolute atomic E-state index is 3.71. The number of rotatable bonds is 12. The van der Waals surface area contributed by atoms with E-state index < -0.39 is 0 Å². The van der Waals surface area contributed by atoms with Crippen LogP contribution in [0.25, 0.3) is 63.6 Å². The number of anilines is 7. The minimum atomic E-state index is 0.886. The van der Waals surface area contributed by atoms with E-state index in [-0.39, 0.29) is 0 Å². The molecular formula is C80H75N3S. The molecule has 0 bridgehead atoms. The molecule has 4 heteroatoms. The SMILES string of the molecule is C=C(C)/C=C\C=C/C.CC.CC.Cc1ccccc1CNc1ccccc1.c1ccc(N(c2ccc3ccccc3c2)c2ccc3cc(-c4ccc5c(c4)sc4cc(N(c6ccccc6)c6ccc7ccccc7c6)ccc45)ccc3c2)cc1. The largest absolute Gasteiger partial charge is 0.381 e. The number of allylic oxidation sites excluding steroid dienone is 5. The van der Waals surface area contributed by atoms with Gasteiger partial charge in [0.15, 0.2) is 0 Å². The molecule has 416 valence electrons. The molecule has 84 heavy (non-hydrogen) atoms. The van der Waals surface area contributed by atoms with Gasteiger partial charge in [-0.2, -0.15) is 0 Å². The van der Waals surface area contributed by atoms with Crippen LogP contribution in [-0.4, -0.2) is 0 Å². The van der Waals surface area contributed by atoms with Gasteiger partial charge in [0.05, 0.1) is 0 Å². The van der Waals surface area contributed by atoms with Gasteiger partial charge in [-0.15, -0.1) is 11.3 Å². The quantitative estimate of drug-likeness (QED) is 0.123. The summed E-state index contributed by atoms with van der Waals surface area (Å²) < 4.78 is 2.57. The monoisotopic (exact) mass is 1110 g/mol.